The van der Waals surface area contributed by atoms with Crippen molar-refractivity contribution in [1.82, 2.24) is 0 Å². The van der Waals surface area contributed by atoms with Crippen molar-refractivity contribution in [2.45, 2.75) is 37.8 Å². The van der Waals surface area contributed by atoms with Gasteiger partial charge in [0.05, 0.1) is 11.0 Å². The molecule has 130 valence electrons. The van der Waals surface area contributed by atoms with Gasteiger partial charge in [0.2, 0.25) is 0 Å². The first-order valence-electron chi connectivity index (χ1n) is 8.00. The molecule has 0 spiro atoms. The van der Waals surface area contributed by atoms with Gasteiger partial charge >= 0.3 is 0 Å². The third-order valence-electron chi connectivity index (χ3n) is 4.11. The van der Waals surface area contributed by atoms with E-state index in [1.54, 1.807) is 24.3 Å². The second kappa shape index (κ2) is 7.36. The number of aliphatic hydroxyl groups excluding tert-OH is 1. The van der Waals surface area contributed by atoms with Crippen LogP contribution < -0.4 is 4.90 Å². The Morgan fingerprint density at radius 3 is 2.12 bits per heavy atom. The number of nitrogens with zero attached hydrogens (tertiary/aromatic N) is 1. The van der Waals surface area contributed by atoms with E-state index in [2.05, 4.69) is 37.8 Å². The molecule has 2 rings (SSSR count). The highest BCUT2D eigenvalue weighted by molar-refractivity contribution is 7.90. The van der Waals surface area contributed by atoms with Gasteiger partial charge in [-0.25, -0.2) is 8.42 Å². The molecule has 0 amide bonds. The van der Waals surface area contributed by atoms with Gasteiger partial charge in [-0.05, 0) is 50.1 Å². The molecular weight excluding hydrogens is 322 g/mol. The van der Waals surface area contributed by atoms with Gasteiger partial charge in [0.1, 0.15) is 0 Å². The Morgan fingerprint density at radius 2 is 1.62 bits per heavy atom. The van der Waals surface area contributed by atoms with Gasteiger partial charge in [-0.3, -0.25) is 0 Å². The van der Waals surface area contributed by atoms with Crippen molar-refractivity contribution in [2.24, 2.45) is 0 Å². The summed E-state index contributed by atoms with van der Waals surface area (Å²) in [7, 11) is -3.22. The van der Waals surface area contributed by atoms with Gasteiger partial charge < -0.3 is 10.0 Å². The van der Waals surface area contributed by atoms with Crippen LogP contribution in [0.4, 0.5) is 5.69 Å². The lowest BCUT2D eigenvalue weighted by Gasteiger charge is -2.32. The van der Waals surface area contributed by atoms with Crippen molar-refractivity contribution in [2.75, 3.05) is 17.7 Å². The van der Waals surface area contributed by atoms with Crippen molar-refractivity contribution in [3.8, 4) is 0 Å². The van der Waals surface area contributed by atoms with E-state index in [4.69, 9.17) is 0 Å². The van der Waals surface area contributed by atoms with Crippen LogP contribution in [0.2, 0.25) is 0 Å². The molecule has 0 heterocycles. The normalized spacial score (nSPS) is 13.1. The second-order valence-corrected chi connectivity index (χ2v) is 8.41. The van der Waals surface area contributed by atoms with Crippen molar-refractivity contribution in [3.63, 3.8) is 0 Å². The monoisotopic (exact) mass is 347 g/mol. The summed E-state index contributed by atoms with van der Waals surface area (Å²) in [5.74, 6) is 0. The number of aliphatic hydroxyl groups is 1. The quantitative estimate of drug-likeness (QED) is 0.871. The first-order valence-corrected chi connectivity index (χ1v) is 9.89. The molecule has 4 nitrogen and oxygen atoms in total. The largest absolute Gasteiger partial charge is 0.387 e. The molecular formula is C19H25NO3S. The summed E-state index contributed by atoms with van der Waals surface area (Å²) in [5.41, 5.74) is 2.96. The van der Waals surface area contributed by atoms with E-state index in [0.29, 0.717) is 12.1 Å². The zero-order valence-electron chi connectivity index (χ0n) is 14.6. The van der Waals surface area contributed by atoms with Crippen LogP contribution in [-0.2, 0) is 9.84 Å². The first-order chi connectivity index (χ1) is 11.2. The Balaban J connectivity index is 2.22. The summed E-state index contributed by atoms with van der Waals surface area (Å²) >= 11 is 0. The molecule has 5 heteroatoms. The number of hydrogen-bond acceptors (Lipinski definition) is 4. The van der Waals surface area contributed by atoms with Gasteiger partial charge in [0.15, 0.2) is 9.84 Å². The molecule has 0 aliphatic carbocycles. The van der Waals surface area contributed by atoms with E-state index in [1.165, 1.54) is 6.26 Å². The average molecular weight is 347 g/mol. The van der Waals surface area contributed by atoms with Crippen LogP contribution in [-0.4, -0.2) is 32.4 Å². The summed E-state index contributed by atoms with van der Waals surface area (Å²) in [6.45, 7) is 6.68. The van der Waals surface area contributed by atoms with Crippen molar-refractivity contribution in [1.29, 1.82) is 0 Å². The van der Waals surface area contributed by atoms with Gasteiger partial charge in [0.25, 0.3) is 0 Å². The average Bonchev–Trinajstić information content (AvgIpc) is 2.52. The molecule has 1 atom stereocenters. The molecule has 0 radical (unpaired) electrons. The molecule has 0 aliphatic rings. The maximum atomic E-state index is 11.5. The van der Waals surface area contributed by atoms with E-state index in [-0.39, 0.29) is 10.9 Å². The topological polar surface area (TPSA) is 57.6 Å². The lowest BCUT2D eigenvalue weighted by molar-refractivity contribution is 0.181. The molecule has 0 aromatic heterocycles. The summed E-state index contributed by atoms with van der Waals surface area (Å²) in [5, 5.41) is 10.6. The Morgan fingerprint density at radius 1 is 1.04 bits per heavy atom. The SMILES string of the molecule is Cc1ccccc1N(CC(O)c1ccc(S(C)(=O)=O)cc1)C(C)C. The van der Waals surface area contributed by atoms with Gasteiger partial charge in [-0.1, -0.05) is 30.3 Å². The molecule has 0 saturated carbocycles. The summed E-state index contributed by atoms with van der Waals surface area (Å²) in [4.78, 5) is 2.42. The van der Waals surface area contributed by atoms with Crippen LogP contribution in [0.25, 0.3) is 0 Å². The van der Waals surface area contributed by atoms with Gasteiger partial charge in [-0.2, -0.15) is 0 Å². The van der Waals surface area contributed by atoms with Crippen LogP contribution in [0.3, 0.4) is 0 Å². The number of benzene rings is 2. The third-order valence-corrected chi connectivity index (χ3v) is 5.24. The molecule has 0 bridgehead atoms. The first kappa shape index (κ1) is 18.5. The fraction of sp³-hybridized carbons (Fsp3) is 0.368. The van der Waals surface area contributed by atoms with Gasteiger partial charge in [0, 0.05) is 24.5 Å². The predicted molar refractivity (Wildman–Crippen MR) is 98.2 cm³/mol. The molecule has 0 aliphatic heterocycles. The van der Waals surface area contributed by atoms with Crippen molar-refractivity contribution in [3.05, 3.63) is 59.7 Å². The molecule has 0 saturated heterocycles. The molecule has 1 unspecified atom stereocenters. The predicted octanol–water partition coefficient (Wildman–Crippen LogP) is 3.35. The fourth-order valence-electron chi connectivity index (χ4n) is 2.70. The van der Waals surface area contributed by atoms with Crippen LogP contribution in [0, 0.1) is 6.92 Å². The lowest BCUT2D eigenvalue weighted by atomic mass is 10.1. The number of hydrogen-bond donors (Lipinski definition) is 1. The molecule has 2 aromatic carbocycles. The second-order valence-electron chi connectivity index (χ2n) is 6.39. The fourth-order valence-corrected chi connectivity index (χ4v) is 3.33. The van der Waals surface area contributed by atoms with Gasteiger partial charge in [-0.15, -0.1) is 0 Å². The lowest BCUT2D eigenvalue weighted by Crippen LogP contribution is -2.35. The minimum absolute atomic E-state index is 0.232. The smallest absolute Gasteiger partial charge is 0.175 e. The summed E-state index contributed by atoms with van der Waals surface area (Å²) < 4.78 is 23.1. The maximum absolute atomic E-state index is 11.5. The zero-order valence-corrected chi connectivity index (χ0v) is 15.4. The maximum Gasteiger partial charge on any atom is 0.175 e. The number of para-hydroxylation sites is 1. The number of aryl methyl sites for hydroxylation is 1. The Labute approximate surface area is 144 Å². The van der Waals surface area contributed by atoms with Crippen molar-refractivity contribution >= 4 is 15.5 Å². The van der Waals surface area contributed by atoms with E-state index < -0.39 is 15.9 Å². The third kappa shape index (κ3) is 4.36. The van der Waals surface area contributed by atoms with Crippen LogP contribution in [0.1, 0.15) is 31.1 Å². The highest BCUT2D eigenvalue weighted by Crippen LogP contribution is 2.25. The summed E-state index contributed by atoms with van der Waals surface area (Å²) in [6.07, 6.45) is 0.484. The number of anilines is 1. The van der Waals surface area contributed by atoms with E-state index in [1.807, 2.05) is 12.1 Å². The number of sulfone groups is 1. The van der Waals surface area contributed by atoms with E-state index in [9.17, 15) is 13.5 Å². The molecule has 1 N–H and O–H groups in total. The van der Waals surface area contributed by atoms with Crippen LogP contribution >= 0.6 is 0 Å². The molecule has 0 fully saturated rings. The Hall–Kier alpha value is -1.85. The molecule has 24 heavy (non-hydrogen) atoms. The minimum atomic E-state index is -3.22. The van der Waals surface area contributed by atoms with Crippen molar-refractivity contribution < 1.29 is 13.5 Å². The molecule has 2 aromatic rings. The standard InChI is InChI=1S/C19H25NO3S/c1-14(2)20(18-8-6-5-7-15(18)3)13-19(21)16-9-11-17(12-10-16)24(4,22)23/h5-12,14,19,21H,13H2,1-4H3. The summed E-state index contributed by atoms with van der Waals surface area (Å²) in [6, 6.07) is 14.8. The highest BCUT2D eigenvalue weighted by atomic mass is 32.2. The number of rotatable bonds is 6. The minimum Gasteiger partial charge on any atom is -0.387 e. The van der Waals surface area contributed by atoms with Crippen LogP contribution in [0.5, 0.6) is 0 Å². The highest BCUT2D eigenvalue weighted by Gasteiger charge is 2.18. The zero-order chi connectivity index (χ0) is 17.9. The Kier molecular flexibility index (Phi) is 5.67. The van der Waals surface area contributed by atoms with E-state index >= 15 is 0 Å². The van der Waals surface area contributed by atoms with E-state index in [0.717, 1.165) is 11.3 Å². The van der Waals surface area contributed by atoms with Crippen LogP contribution in [0.15, 0.2) is 53.4 Å². The Bertz CT molecular complexity index is 783.